The molecule has 0 saturated heterocycles. The van der Waals surface area contributed by atoms with Crippen LogP contribution in [0.3, 0.4) is 0 Å². The number of anilines is 1. The van der Waals surface area contributed by atoms with Gasteiger partial charge in [-0.3, -0.25) is 13.9 Å². The third-order valence-corrected chi connectivity index (χ3v) is 9.75. The fourth-order valence-corrected chi connectivity index (χ4v) is 6.78. The number of hydrogen-bond acceptors (Lipinski definition) is 4. The lowest BCUT2D eigenvalue weighted by Gasteiger charge is -2.35. The normalized spacial score (nSPS) is 14.6. The SMILES string of the molecule is CCc1ccccc1N(CC(=O)N(Cc1ccc(Cl)c(Cl)c1)[C@@H](Cc1ccccc1)C(=O)NC1CCCCC1)S(C)(=O)=O. The van der Waals surface area contributed by atoms with Gasteiger partial charge in [-0.15, -0.1) is 0 Å². The third-order valence-electron chi connectivity index (χ3n) is 7.88. The van der Waals surface area contributed by atoms with E-state index in [0.717, 1.165) is 53.8 Å². The first-order valence-electron chi connectivity index (χ1n) is 14.7. The highest BCUT2D eigenvalue weighted by Crippen LogP contribution is 2.27. The second-order valence-corrected chi connectivity index (χ2v) is 13.8. The standard InChI is InChI=1S/C33H39Cl2N3O4S/c1-3-26-14-10-11-17-30(26)38(43(2,41)42)23-32(39)37(22-25-18-19-28(34)29(35)20-25)31(21-24-12-6-4-7-13-24)33(40)36-27-15-8-5-9-16-27/h4,6-7,10-14,17-20,27,31H,3,5,8-9,15-16,21-23H2,1-2H3,(H,36,40)/t31-/m0/s1. The van der Waals surface area contributed by atoms with E-state index in [4.69, 9.17) is 23.2 Å². The van der Waals surface area contributed by atoms with Crippen LogP contribution in [0.5, 0.6) is 0 Å². The van der Waals surface area contributed by atoms with E-state index in [-0.39, 0.29) is 24.9 Å². The highest BCUT2D eigenvalue weighted by atomic mass is 35.5. The van der Waals surface area contributed by atoms with Crippen molar-refractivity contribution in [2.45, 2.75) is 70.5 Å². The molecule has 230 valence electrons. The zero-order valence-corrected chi connectivity index (χ0v) is 27.0. The van der Waals surface area contributed by atoms with E-state index in [1.807, 2.05) is 49.4 Å². The molecule has 4 rings (SSSR count). The number of nitrogens with zero attached hydrogens (tertiary/aromatic N) is 2. The number of nitrogens with one attached hydrogen (secondary N) is 1. The van der Waals surface area contributed by atoms with Crippen LogP contribution in [0.25, 0.3) is 0 Å². The highest BCUT2D eigenvalue weighted by Gasteiger charge is 2.34. The molecule has 0 radical (unpaired) electrons. The minimum absolute atomic E-state index is 0.0328. The summed E-state index contributed by atoms with van der Waals surface area (Å²) in [6.45, 7) is 1.51. The van der Waals surface area contributed by atoms with Crippen LogP contribution in [-0.2, 0) is 39.0 Å². The van der Waals surface area contributed by atoms with E-state index in [0.29, 0.717) is 27.7 Å². The van der Waals surface area contributed by atoms with Crippen molar-refractivity contribution in [2.75, 3.05) is 17.1 Å². The van der Waals surface area contributed by atoms with Gasteiger partial charge in [0, 0.05) is 19.0 Å². The van der Waals surface area contributed by atoms with Gasteiger partial charge in [-0.25, -0.2) is 8.42 Å². The lowest BCUT2D eigenvalue weighted by Crippen LogP contribution is -2.55. The number of sulfonamides is 1. The van der Waals surface area contributed by atoms with Crippen molar-refractivity contribution in [1.29, 1.82) is 0 Å². The summed E-state index contributed by atoms with van der Waals surface area (Å²) in [5.41, 5.74) is 2.80. The van der Waals surface area contributed by atoms with E-state index in [9.17, 15) is 18.0 Å². The van der Waals surface area contributed by atoms with Crippen LogP contribution in [0, 0.1) is 0 Å². The molecule has 1 N–H and O–H groups in total. The molecule has 7 nitrogen and oxygen atoms in total. The number of rotatable bonds is 12. The highest BCUT2D eigenvalue weighted by molar-refractivity contribution is 7.92. The Morgan fingerprint density at radius 3 is 2.23 bits per heavy atom. The van der Waals surface area contributed by atoms with E-state index >= 15 is 0 Å². The van der Waals surface area contributed by atoms with Gasteiger partial charge in [0.15, 0.2) is 0 Å². The van der Waals surface area contributed by atoms with Crippen molar-refractivity contribution in [3.63, 3.8) is 0 Å². The Bertz CT molecular complexity index is 1510. The van der Waals surface area contributed by atoms with Gasteiger partial charge < -0.3 is 10.2 Å². The van der Waals surface area contributed by atoms with Gasteiger partial charge in [0.05, 0.1) is 22.0 Å². The maximum absolute atomic E-state index is 14.3. The first-order chi connectivity index (χ1) is 20.6. The number of amides is 2. The number of para-hydroxylation sites is 1. The maximum Gasteiger partial charge on any atom is 0.244 e. The number of hydrogen-bond donors (Lipinski definition) is 1. The Balaban J connectivity index is 1.75. The summed E-state index contributed by atoms with van der Waals surface area (Å²) in [6, 6.07) is 20.9. The summed E-state index contributed by atoms with van der Waals surface area (Å²) in [5.74, 6) is -0.758. The number of halogens is 2. The van der Waals surface area contributed by atoms with Crippen LogP contribution >= 0.6 is 23.2 Å². The first kappa shape index (κ1) is 32.8. The van der Waals surface area contributed by atoms with E-state index in [2.05, 4.69) is 5.32 Å². The van der Waals surface area contributed by atoms with Gasteiger partial charge >= 0.3 is 0 Å². The Hall–Kier alpha value is -3.07. The van der Waals surface area contributed by atoms with Gasteiger partial charge in [0.2, 0.25) is 21.8 Å². The van der Waals surface area contributed by atoms with Gasteiger partial charge in [-0.2, -0.15) is 0 Å². The zero-order valence-electron chi connectivity index (χ0n) is 24.6. The number of benzene rings is 3. The van der Waals surface area contributed by atoms with Crippen LogP contribution in [0.1, 0.15) is 55.7 Å². The molecule has 1 atom stereocenters. The molecule has 0 aliphatic heterocycles. The van der Waals surface area contributed by atoms with E-state index < -0.39 is 28.5 Å². The van der Waals surface area contributed by atoms with Crippen molar-refractivity contribution in [3.05, 3.63) is 99.5 Å². The molecule has 1 fully saturated rings. The molecule has 0 heterocycles. The monoisotopic (exact) mass is 643 g/mol. The Labute approximate surface area is 265 Å². The Morgan fingerprint density at radius 1 is 0.907 bits per heavy atom. The lowest BCUT2D eigenvalue weighted by molar-refractivity contribution is -0.140. The van der Waals surface area contributed by atoms with Crippen LogP contribution in [-0.4, -0.2) is 50.0 Å². The molecule has 43 heavy (non-hydrogen) atoms. The molecule has 0 bridgehead atoms. The van der Waals surface area contributed by atoms with Crippen molar-refractivity contribution in [2.24, 2.45) is 0 Å². The predicted octanol–water partition coefficient (Wildman–Crippen LogP) is 6.41. The van der Waals surface area contributed by atoms with E-state index in [1.54, 1.807) is 30.3 Å². The zero-order chi connectivity index (χ0) is 31.0. The Morgan fingerprint density at radius 2 is 1.58 bits per heavy atom. The van der Waals surface area contributed by atoms with Gasteiger partial charge in [-0.1, -0.05) is 104 Å². The fourth-order valence-electron chi connectivity index (χ4n) is 5.58. The molecule has 3 aromatic rings. The average Bonchev–Trinajstić information content (AvgIpc) is 2.99. The minimum atomic E-state index is -3.85. The van der Waals surface area contributed by atoms with E-state index in [1.165, 1.54) is 4.90 Å². The molecule has 1 saturated carbocycles. The topological polar surface area (TPSA) is 86.8 Å². The van der Waals surface area contributed by atoms with Gasteiger partial charge in [0.1, 0.15) is 12.6 Å². The van der Waals surface area contributed by atoms with Crippen molar-refractivity contribution in [1.82, 2.24) is 10.2 Å². The first-order valence-corrected chi connectivity index (χ1v) is 17.3. The summed E-state index contributed by atoms with van der Waals surface area (Å²) in [5, 5.41) is 3.90. The van der Waals surface area contributed by atoms with Crippen molar-refractivity contribution in [3.8, 4) is 0 Å². The quantitative estimate of drug-likeness (QED) is 0.247. The summed E-state index contributed by atoms with van der Waals surface area (Å²) in [6.07, 6.45) is 6.94. The minimum Gasteiger partial charge on any atom is -0.352 e. The number of carbonyl (C=O) groups is 2. The predicted molar refractivity (Wildman–Crippen MR) is 174 cm³/mol. The average molecular weight is 645 g/mol. The van der Waals surface area contributed by atoms with Crippen LogP contribution in [0.15, 0.2) is 72.8 Å². The van der Waals surface area contributed by atoms with Gasteiger partial charge in [0.25, 0.3) is 0 Å². The molecule has 1 aliphatic carbocycles. The summed E-state index contributed by atoms with van der Waals surface area (Å²) in [4.78, 5) is 29.9. The maximum atomic E-state index is 14.3. The van der Waals surface area contributed by atoms with Crippen LogP contribution in [0.4, 0.5) is 5.69 Å². The summed E-state index contributed by atoms with van der Waals surface area (Å²) < 4.78 is 27.3. The molecule has 0 unspecified atom stereocenters. The molecule has 0 spiro atoms. The third kappa shape index (κ3) is 8.97. The second-order valence-electron chi connectivity index (χ2n) is 11.1. The molecule has 1 aliphatic rings. The van der Waals surface area contributed by atoms with Gasteiger partial charge in [-0.05, 0) is 54.2 Å². The van der Waals surface area contributed by atoms with Crippen LogP contribution in [0.2, 0.25) is 10.0 Å². The second kappa shape index (κ2) is 15.1. The van der Waals surface area contributed by atoms with Crippen molar-refractivity contribution < 1.29 is 18.0 Å². The molecule has 2 amide bonds. The van der Waals surface area contributed by atoms with Crippen LogP contribution < -0.4 is 9.62 Å². The fraction of sp³-hybridized carbons (Fsp3) is 0.394. The molecular weight excluding hydrogens is 605 g/mol. The lowest BCUT2D eigenvalue weighted by atomic mass is 9.94. The summed E-state index contributed by atoms with van der Waals surface area (Å²) in [7, 11) is -3.85. The summed E-state index contributed by atoms with van der Waals surface area (Å²) >= 11 is 12.5. The molecule has 3 aromatic carbocycles. The van der Waals surface area contributed by atoms with Crippen molar-refractivity contribution >= 4 is 50.7 Å². The number of aryl methyl sites for hydroxylation is 1. The molecule has 10 heteroatoms. The largest absolute Gasteiger partial charge is 0.352 e. The molecular formula is C33H39Cl2N3O4S. The number of carbonyl (C=O) groups excluding carboxylic acids is 2. The Kier molecular flexibility index (Phi) is 11.5. The smallest absolute Gasteiger partial charge is 0.244 e. The molecule has 0 aromatic heterocycles.